The molecular weight excluding hydrogens is 350 g/mol. The van der Waals surface area contributed by atoms with E-state index in [0.29, 0.717) is 0 Å². The first-order valence-corrected chi connectivity index (χ1v) is 12.4. The van der Waals surface area contributed by atoms with Crippen molar-refractivity contribution in [2.45, 2.75) is 103 Å². The fraction of sp³-hybridized carbons (Fsp3) is 0.679. The molecule has 1 heteroatoms. The highest BCUT2D eigenvalue weighted by molar-refractivity contribution is 5.32. The summed E-state index contributed by atoms with van der Waals surface area (Å²) in [6.07, 6.45) is 23.7. The number of aryl methyl sites for hydroxylation is 1. The summed E-state index contributed by atoms with van der Waals surface area (Å²) in [5.74, 6) is 3.02. The summed E-state index contributed by atoms with van der Waals surface area (Å²) in [5, 5.41) is 8.91. The number of allylic oxidation sites excluding steroid dienone is 2. The molecule has 3 rings (SSSR count). The quantitative estimate of drug-likeness (QED) is 0.290. The van der Waals surface area contributed by atoms with Crippen LogP contribution in [0.5, 0.6) is 0 Å². The third-order valence-electron chi connectivity index (χ3n) is 7.60. The van der Waals surface area contributed by atoms with Crippen molar-refractivity contribution in [1.82, 2.24) is 0 Å². The average Bonchev–Trinajstić information content (AvgIpc) is 2.78. The monoisotopic (exact) mass is 391 g/mol. The van der Waals surface area contributed by atoms with Crippen LogP contribution in [-0.2, 0) is 6.42 Å². The van der Waals surface area contributed by atoms with Crippen LogP contribution in [0.15, 0.2) is 35.9 Å². The predicted molar refractivity (Wildman–Crippen MR) is 124 cm³/mol. The van der Waals surface area contributed by atoms with Crippen molar-refractivity contribution in [1.29, 1.82) is 5.26 Å². The number of unbranched alkanes of at least 4 members (excludes halogenated alkanes) is 2. The Bertz CT molecular complexity index is 655. The Balaban J connectivity index is 1.29. The van der Waals surface area contributed by atoms with Gasteiger partial charge in [0.25, 0.3) is 0 Å². The summed E-state index contributed by atoms with van der Waals surface area (Å²) < 4.78 is 0. The highest BCUT2D eigenvalue weighted by Gasteiger charge is 2.22. The van der Waals surface area contributed by atoms with Gasteiger partial charge in [-0.2, -0.15) is 5.26 Å². The summed E-state index contributed by atoms with van der Waals surface area (Å²) >= 11 is 0. The summed E-state index contributed by atoms with van der Waals surface area (Å²) in [4.78, 5) is 0. The largest absolute Gasteiger partial charge is 0.192 e. The van der Waals surface area contributed by atoms with Crippen LogP contribution in [0, 0.1) is 29.1 Å². The lowest BCUT2D eigenvalue weighted by Crippen LogP contribution is -2.16. The van der Waals surface area contributed by atoms with Crippen molar-refractivity contribution in [3.8, 4) is 6.07 Å². The van der Waals surface area contributed by atoms with E-state index in [1.54, 1.807) is 5.57 Å². The summed E-state index contributed by atoms with van der Waals surface area (Å²) in [5.41, 5.74) is 3.79. The fourth-order valence-corrected chi connectivity index (χ4v) is 5.45. The van der Waals surface area contributed by atoms with Crippen molar-refractivity contribution in [3.63, 3.8) is 0 Å². The molecule has 2 aliphatic rings. The third-order valence-corrected chi connectivity index (χ3v) is 7.60. The third kappa shape index (κ3) is 7.65. The van der Waals surface area contributed by atoms with Crippen molar-refractivity contribution in [3.05, 3.63) is 47.0 Å². The van der Waals surface area contributed by atoms with Gasteiger partial charge >= 0.3 is 0 Å². The number of hydrogen-bond acceptors (Lipinski definition) is 1. The van der Waals surface area contributed by atoms with E-state index in [-0.39, 0.29) is 0 Å². The summed E-state index contributed by atoms with van der Waals surface area (Å²) in [7, 11) is 0. The van der Waals surface area contributed by atoms with Gasteiger partial charge in [0.15, 0.2) is 0 Å². The lowest BCUT2D eigenvalue weighted by molar-refractivity contribution is 0.234. The second-order valence-corrected chi connectivity index (χ2v) is 9.77. The standard InChI is InChI=1S/C28H41N/c1-2-3-4-5-23-6-8-24(9-7-23)10-11-25-12-14-26(15-13-25)16-17-27-18-20-28(22-29)21-19-27/h14,18-21,23-25H,2-13,15-17H2,1H3. The molecule has 1 aromatic rings. The van der Waals surface area contributed by atoms with Gasteiger partial charge in [-0.05, 0) is 74.0 Å². The van der Waals surface area contributed by atoms with E-state index in [0.717, 1.165) is 29.7 Å². The van der Waals surface area contributed by atoms with Crippen LogP contribution in [-0.4, -0.2) is 0 Å². The van der Waals surface area contributed by atoms with Crippen LogP contribution >= 0.6 is 0 Å². The lowest BCUT2D eigenvalue weighted by atomic mass is 9.76. The highest BCUT2D eigenvalue weighted by Crippen LogP contribution is 2.37. The number of hydrogen-bond donors (Lipinski definition) is 0. The minimum absolute atomic E-state index is 0.762. The molecule has 1 atom stereocenters. The summed E-state index contributed by atoms with van der Waals surface area (Å²) in [6, 6.07) is 10.3. The van der Waals surface area contributed by atoms with E-state index in [4.69, 9.17) is 5.26 Å². The molecule has 1 nitrogen and oxygen atoms in total. The van der Waals surface area contributed by atoms with Gasteiger partial charge in [0.05, 0.1) is 11.6 Å². The van der Waals surface area contributed by atoms with Crippen LogP contribution in [0.2, 0.25) is 0 Å². The van der Waals surface area contributed by atoms with E-state index < -0.39 is 0 Å². The first kappa shape index (κ1) is 22.1. The van der Waals surface area contributed by atoms with Crippen molar-refractivity contribution < 1.29 is 0 Å². The maximum Gasteiger partial charge on any atom is 0.0991 e. The second kappa shape index (κ2) is 12.2. The Labute approximate surface area is 179 Å². The highest BCUT2D eigenvalue weighted by atomic mass is 14.3. The minimum Gasteiger partial charge on any atom is -0.192 e. The molecule has 0 spiro atoms. The average molecular weight is 392 g/mol. The molecule has 0 bridgehead atoms. The van der Waals surface area contributed by atoms with Crippen molar-refractivity contribution >= 4 is 0 Å². The Morgan fingerprint density at radius 1 is 0.828 bits per heavy atom. The van der Waals surface area contributed by atoms with Gasteiger partial charge in [-0.25, -0.2) is 0 Å². The normalized spacial score (nSPS) is 24.7. The molecule has 158 valence electrons. The molecule has 0 saturated heterocycles. The number of rotatable bonds is 10. The van der Waals surface area contributed by atoms with Crippen LogP contribution < -0.4 is 0 Å². The smallest absolute Gasteiger partial charge is 0.0991 e. The van der Waals surface area contributed by atoms with E-state index >= 15 is 0 Å². The van der Waals surface area contributed by atoms with Gasteiger partial charge in [-0.3, -0.25) is 0 Å². The molecule has 2 aliphatic carbocycles. The zero-order valence-electron chi connectivity index (χ0n) is 18.7. The maximum atomic E-state index is 8.91. The van der Waals surface area contributed by atoms with E-state index in [9.17, 15) is 0 Å². The zero-order valence-corrected chi connectivity index (χ0v) is 18.7. The molecule has 0 heterocycles. The number of nitriles is 1. The van der Waals surface area contributed by atoms with Crippen LogP contribution in [0.3, 0.4) is 0 Å². The fourth-order valence-electron chi connectivity index (χ4n) is 5.45. The molecule has 0 amide bonds. The number of nitrogens with zero attached hydrogens (tertiary/aromatic N) is 1. The van der Waals surface area contributed by atoms with Gasteiger partial charge in [-0.15, -0.1) is 0 Å². The van der Waals surface area contributed by atoms with E-state index in [1.807, 2.05) is 12.1 Å². The van der Waals surface area contributed by atoms with Crippen LogP contribution in [0.4, 0.5) is 0 Å². The Morgan fingerprint density at radius 3 is 2.14 bits per heavy atom. The molecule has 0 N–H and O–H groups in total. The van der Waals surface area contributed by atoms with Gasteiger partial charge in [-0.1, -0.05) is 88.5 Å². The minimum atomic E-state index is 0.762. The van der Waals surface area contributed by atoms with Gasteiger partial charge in [0.1, 0.15) is 0 Å². The van der Waals surface area contributed by atoms with Gasteiger partial charge < -0.3 is 0 Å². The molecule has 0 aromatic heterocycles. The van der Waals surface area contributed by atoms with E-state index in [2.05, 4.69) is 31.2 Å². The molecule has 1 fully saturated rings. The van der Waals surface area contributed by atoms with Crippen molar-refractivity contribution in [2.24, 2.45) is 17.8 Å². The molecule has 0 radical (unpaired) electrons. The number of benzene rings is 1. The Morgan fingerprint density at radius 2 is 1.52 bits per heavy atom. The van der Waals surface area contributed by atoms with E-state index in [1.165, 1.54) is 95.5 Å². The second-order valence-electron chi connectivity index (χ2n) is 9.77. The Hall–Kier alpha value is -1.55. The van der Waals surface area contributed by atoms with Crippen molar-refractivity contribution in [2.75, 3.05) is 0 Å². The molecule has 1 saturated carbocycles. The summed E-state index contributed by atoms with van der Waals surface area (Å²) in [6.45, 7) is 2.32. The lowest BCUT2D eigenvalue weighted by Gasteiger charge is -2.30. The predicted octanol–water partition coefficient (Wildman–Crippen LogP) is 8.38. The van der Waals surface area contributed by atoms with Crippen LogP contribution in [0.1, 0.15) is 108 Å². The maximum absolute atomic E-state index is 8.91. The zero-order chi connectivity index (χ0) is 20.3. The Kier molecular flexibility index (Phi) is 9.33. The SMILES string of the molecule is CCCCCC1CCC(CCC2CC=C(CCc3ccc(C#N)cc3)CC2)CC1. The topological polar surface area (TPSA) is 23.8 Å². The van der Waals surface area contributed by atoms with Crippen LogP contribution in [0.25, 0.3) is 0 Å². The molecule has 0 aliphatic heterocycles. The van der Waals surface area contributed by atoms with Gasteiger partial charge in [0, 0.05) is 0 Å². The first-order chi connectivity index (χ1) is 14.3. The molecule has 29 heavy (non-hydrogen) atoms. The first-order valence-electron chi connectivity index (χ1n) is 12.4. The molecule has 1 aromatic carbocycles. The molecule has 1 unspecified atom stereocenters. The molecular formula is C28H41N. The van der Waals surface area contributed by atoms with Gasteiger partial charge in [0.2, 0.25) is 0 Å².